The van der Waals surface area contributed by atoms with Crippen molar-refractivity contribution in [1.29, 1.82) is 0 Å². The number of benzene rings is 2. The van der Waals surface area contributed by atoms with Crippen LogP contribution >= 0.6 is 11.6 Å². The summed E-state index contributed by atoms with van der Waals surface area (Å²) in [6.45, 7) is 2.35. The van der Waals surface area contributed by atoms with E-state index in [4.69, 9.17) is 25.8 Å². The summed E-state index contributed by atoms with van der Waals surface area (Å²) in [7, 11) is 1.63. The molecule has 2 aromatic carbocycles. The van der Waals surface area contributed by atoms with Gasteiger partial charge >= 0.3 is 0 Å². The maximum absolute atomic E-state index is 6.18. The molecular formula is C22H23ClN2O3. The van der Waals surface area contributed by atoms with Crippen LogP contribution in [0.4, 0.5) is 0 Å². The summed E-state index contributed by atoms with van der Waals surface area (Å²) >= 11 is 6.18. The number of rotatable bonds is 10. The van der Waals surface area contributed by atoms with E-state index in [0.29, 0.717) is 48.7 Å². The molecule has 0 radical (unpaired) electrons. The Bertz CT molecular complexity index is 875. The van der Waals surface area contributed by atoms with Crippen LogP contribution in [0.3, 0.4) is 0 Å². The highest BCUT2D eigenvalue weighted by atomic mass is 35.5. The molecule has 3 aromatic rings. The molecule has 0 aliphatic rings. The first kappa shape index (κ1) is 20.0. The fourth-order valence-corrected chi connectivity index (χ4v) is 2.80. The van der Waals surface area contributed by atoms with Crippen molar-refractivity contribution in [2.75, 3.05) is 20.3 Å². The van der Waals surface area contributed by atoms with Crippen molar-refractivity contribution in [1.82, 2.24) is 10.3 Å². The van der Waals surface area contributed by atoms with Crippen LogP contribution < -0.4 is 19.5 Å². The lowest BCUT2D eigenvalue weighted by molar-refractivity contribution is 0.284. The second-order valence-electron chi connectivity index (χ2n) is 6.06. The van der Waals surface area contributed by atoms with E-state index in [0.717, 1.165) is 11.1 Å². The van der Waals surface area contributed by atoms with Crippen molar-refractivity contribution >= 4 is 11.6 Å². The molecule has 1 aromatic heterocycles. The molecule has 0 atom stereocenters. The lowest BCUT2D eigenvalue weighted by Gasteiger charge is -2.13. The van der Waals surface area contributed by atoms with Gasteiger partial charge in [0.2, 0.25) is 5.88 Å². The van der Waals surface area contributed by atoms with Gasteiger partial charge in [-0.1, -0.05) is 41.9 Å². The van der Waals surface area contributed by atoms with Crippen LogP contribution in [-0.2, 0) is 13.2 Å². The number of aromatic nitrogens is 1. The number of nitrogens with zero attached hydrogens (tertiary/aromatic N) is 1. The van der Waals surface area contributed by atoms with Gasteiger partial charge in [-0.25, -0.2) is 4.98 Å². The summed E-state index contributed by atoms with van der Waals surface area (Å²) in [6, 6.07) is 19.1. The third-order valence-electron chi connectivity index (χ3n) is 4.06. The lowest BCUT2D eigenvalue weighted by Crippen LogP contribution is -2.20. The first-order valence-electron chi connectivity index (χ1n) is 9.04. The van der Waals surface area contributed by atoms with Gasteiger partial charge in [0.15, 0.2) is 11.5 Å². The fourth-order valence-electron chi connectivity index (χ4n) is 2.61. The van der Waals surface area contributed by atoms with E-state index in [1.807, 2.05) is 60.7 Å². The molecule has 1 N–H and O–H groups in total. The number of hydrogen-bond donors (Lipinski definition) is 1. The van der Waals surface area contributed by atoms with E-state index in [9.17, 15) is 0 Å². The molecule has 0 unspecified atom stereocenters. The Labute approximate surface area is 170 Å². The molecule has 0 spiro atoms. The monoisotopic (exact) mass is 398 g/mol. The Balaban J connectivity index is 1.48. The minimum absolute atomic E-state index is 0.387. The maximum Gasteiger partial charge on any atom is 0.213 e. The van der Waals surface area contributed by atoms with E-state index in [2.05, 4.69) is 10.3 Å². The smallest absolute Gasteiger partial charge is 0.213 e. The molecule has 3 rings (SSSR count). The minimum Gasteiger partial charge on any atom is -0.493 e. The predicted octanol–water partition coefficient (Wildman–Crippen LogP) is 4.49. The Morgan fingerprint density at radius 2 is 1.82 bits per heavy atom. The lowest BCUT2D eigenvalue weighted by atomic mass is 10.2. The highest BCUT2D eigenvalue weighted by Crippen LogP contribution is 2.29. The maximum atomic E-state index is 6.18. The Hall–Kier alpha value is -2.76. The number of hydrogen-bond acceptors (Lipinski definition) is 5. The van der Waals surface area contributed by atoms with Crippen LogP contribution in [0.25, 0.3) is 0 Å². The SMILES string of the molecule is COc1cc(CNCCOc2ccccn2)ccc1OCc1ccccc1Cl. The summed E-state index contributed by atoms with van der Waals surface area (Å²) in [6.07, 6.45) is 1.71. The summed E-state index contributed by atoms with van der Waals surface area (Å²) in [5.74, 6) is 2.01. The second kappa shape index (κ2) is 10.5. The number of pyridine rings is 1. The first-order valence-corrected chi connectivity index (χ1v) is 9.41. The van der Waals surface area contributed by atoms with Gasteiger partial charge in [-0.15, -0.1) is 0 Å². The number of ether oxygens (including phenoxy) is 3. The van der Waals surface area contributed by atoms with Crippen molar-refractivity contribution in [2.24, 2.45) is 0 Å². The van der Waals surface area contributed by atoms with Crippen LogP contribution in [-0.4, -0.2) is 25.2 Å². The van der Waals surface area contributed by atoms with Gasteiger partial charge in [0.05, 0.1) is 7.11 Å². The van der Waals surface area contributed by atoms with Crippen molar-refractivity contribution in [2.45, 2.75) is 13.2 Å². The largest absolute Gasteiger partial charge is 0.493 e. The van der Waals surface area contributed by atoms with E-state index < -0.39 is 0 Å². The normalized spacial score (nSPS) is 10.5. The van der Waals surface area contributed by atoms with Crippen molar-refractivity contribution < 1.29 is 14.2 Å². The average molecular weight is 399 g/mol. The molecule has 0 fully saturated rings. The Morgan fingerprint density at radius 1 is 0.964 bits per heavy atom. The third kappa shape index (κ3) is 5.87. The zero-order valence-corrected chi connectivity index (χ0v) is 16.5. The summed E-state index contributed by atoms with van der Waals surface area (Å²) < 4.78 is 16.9. The van der Waals surface area contributed by atoms with E-state index in [1.165, 1.54) is 0 Å². The number of nitrogens with one attached hydrogen (secondary N) is 1. The molecule has 1 heterocycles. The van der Waals surface area contributed by atoms with Crippen LogP contribution in [0.5, 0.6) is 17.4 Å². The molecule has 28 heavy (non-hydrogen) atoms. The van der Waals surface area contributed by atoms with Crippen molar-refractivity contribution in [3.63, 3.8) is 0 Å². The van der Waals surface area contributed by atoms with Gasteiger partial charge in [-0.3, -0.25) is 0 Å². The molecular weight excluding hydrogens is 376 g/mol. The highest BCUT2D eigenvalue weighted by Gasteiger charge is 2.07. The fraction of sp³-hybridized carbons (Fsp3) is 0.227. The molecule has 6 heteroatoms. The topological polar surface area (TPSA) is 52.6 Å². The highest BCUT2D eigenvalue weighted by molar-refractivity contribution is 6.31. The zero-order valence-electron chi connectivity index (χ0n) is 15.7. The summed E-state index contributed by atoms with van der Waals surface area (Å²) in [5.41, 5.74) is 2.03. The standard InChI is InChI=1S/C22H23ClN2O3/c1-26-21-14-17(15-24-12-13-27-22-8-4-5-11-25-22)9-10-20(21)28-16-18-6-2-3-7-19(18)23/h2-11,14,24H,12-13,15-16H2,1H3. The molecule has 0 aliphatic heterocycles. The number of halogens is 1. The van der Waals surface area contributed by atoms with Crippen LogP contribution in [0.2, 0.25) is 5.02 Å². The Kier molecular flexibility index (Phi) is 7.53. The van der Waals surface area contributed by atoms with E-state index in [-0.39, 0.29) is 0 Å². The van der Waals surface area contributed by atoms with Crippen molar-refractivity contribution in [3.8, 4) is 17.4 Å². The summed E-state index contributed by atoms with van der Waals surface area (Å²) in [5, 5.41) is 4.03. The summed E-state index contributed by atoms with van der Waals surface area (Å²) in [4.78, 5) is 4.12. The van der Waals surface area contributed by atoms with Gasteiger partial charge in [0.1, 0.15) is 13.2 Å². The first-order chi connectivity index (χ1) is 13.8. The third-order valence-corrected chi connectivity index (χ3v) is 4.43. The average Bonchev–Trinajstić information content (AvgIpc) is 2.74. The molecule has 0 amide bonds. The minimum atomic E-state index is 0.387. The van der Waals surface area contributed by atoms with Crippen LogP contribution in [0.15, 0.2) is 66.9 Å². The van der Waals surface area contributed by atoms with Gasteiger partial charge in [0.25, 0.3) is 0 Å². The van der Waals surface area contributed by atoms with Crippen LogP contribution in [0, 0.1) is 0 Å². The number of methoxy groups -OCH3 is 1. The van der Waals surface area contributed by atoms with Gasteiger partial charge < -0.3 is 19.5 Å². The van der Waals surface area contributed by atoms with Gasteiger partial charge in [0, 0.05) is 35.9 Å². The molecule has 146 valence electrons. The van der Waals surface area contributed by atoms with E-state index >= 15 is 0 Å². The molecule has 0 saturated carbocycles. The zero-order chi connectivity index (χ0) is 19.6. The quantitative estimate of drug-likeness (QED) is 0.510. The van der Waals surface area contributed by atoms with Gasteiger partial charge in [-0.05, 0) is 29.8 Å². The van der Waals surface area contributed by atoms with Crippen molar-refractivity contribution in [3.05, 3.63) is 83.0 Å². The second-order valence-corrected chi connectivity index (χ2v) is 6.47. The van der Waals surface area contributed by atoms with Gasteiger partial charge in [-0.2, -0.15) is 0 Å². The molecule has 0 aliphatic carbocycles. The van der Waals surface area contributed by atoms with Crippen LogP contribution in [0.1, 0.15) is 11.1 Å². The predicted molar refractivity (Wildman–Crippen MR) is 110 cm³/mol. The Morgan fingerprint density at radius 3 is 2.61 bits per heavy atom. The molecule has 5 nitrogen and oxygen atoms in total. The van der Waals surface area contributed by atoms with E-state index in [1.54, 1.807) is 13.3 Å². The molecule has 0 saturated heterocycles. The molecule has 0 bridgehead atoms.